The lowest BCUT2D eigenvalue weighted by molar-refractivity contribution is -0.123. The summed E-state index contributed by atoms with van der Waals surface area (Å²) in [6.07, 6.45) is 5.89. The molecule has 0 unspecified atom stereocenters. The van der Waals surface area contributed by atoms with E-state index in [4.69, 9.17) is 4.74 Å². The smallest absolute Gasteiger partial charge is 0.133 e. The van der Waals surface area contributed by atoms with Crippen LogP contribution in [-0.2, 0) is 16.9 Å². The maximum absolute atomic E-state index is 11.9. The van der Waals surface area contributed by atoms with Gasteiger partial charge in [-0.15, -0.1) is 0 Å². The Morgan fingerprint density at radius 1 is 1.04 bits per heavy atom. The van der Waals surface area contributed by atoms with E-state index in [1.165, 1.54) is 24.0 Å². The van der Waals surface area contributed by atoms with Crippen LogP contribution in [0.4, 0.5) is 0 Å². The molecule has 0 radical (unpaired) electrons. The first kappa shape index (κ1) is 18.2. The van der Waals surface area contributed by atoms with Crippen LogP contribution in [-0.4, -0.2) is 24.3 Å². The van der Waals surface area contributed by atoms with Crippen LogP contribution in [0, 0.1) is 5.92 Å². The average Bonchev–Trinajstić information content (AvgIpc) is 3.52. The van der Waals surface area contributed by atoms with Crippen LogP contribution >= 0.6 is 0 Å². The van der Waals surface area contributed by atoms with E-state index in [1.807, 2.05) is 24.3 Å². The molecule has 0 amide bonds. The minimum absolute atomic E-state index is 0.0391. The van der Waals surface area contributed by atoms with Gasteiger partial charge >= 0.3 is 0 Å². The summed E-state index contributed by atoms with van der Waals surface area (Å²) in [6.45, 7) is 1.71. The van der Waals surface area contributed by atoms with Crippen LogP contribution in [0.2, 0.25) is 0 Å². The number of benzene rings is 2. The Kier molecular flexibility index (Phi) is 5.31. The number of carbonyl (C=O) groups excluding carboxylic acids is 1. The first-order valence-corrected chi connectivity index (χ1v) is 10.2. The van der Waals surface area contributed by atoms with E-state index in [0.717, 1.165) is 31.1 Å². The highest BCUT2D eigenvalue weighted by atomic mass is 16.5. The molecule has 2 saturated carbocycles. The zero-order valence-electron chi connectivity index (χ0n) is 16.2. The van der Waals surface area contributed by atoms with Gasteiger partial charge in [-0.3, -0.25) is 9.69 Å². The SMILES string of the molecule is CN(CC1CC1)C1(c2cccc(OCc3ccccc3)c2)CCC(=O)CC1. The minimum atomic E-state index is -0.0391. The predicted molar refractivity (Wildman–Crippen MR) is 108 cm³/mol. The van der Waals surface area contributed by atoms with Gasteiger partial charge in [0.2, 0.25) is 0 Å². The van der Waals surface area contributed by atoms with Crippen molar-refractivity contribution in [3.8, 4) is 5.75 Å². The Bertz CT molecular complexity index is 772. The number of nitrogens with zero attached hydrogens (tertiary/aromatic N) is 1. The van der Waals surface area contributed by atoms with Gasteiger partial charge in [0.15, 0.2) is 0 Å². The van der Waals surface area contributed by atoms with Gasteiger partial charge in [0.05, 0.1) is 0 Å². The van der Waals surface area contributed by atoms with Gasteiger partial charge in [-0.05, 0) is 61.9 Å². The maximum Gasteiger partial charge on any atom is 0.133 e. The number of ether oxygens (including phenoxy) is 1. The molecule has 0 heterocycles. The fourth-order valence-electron chi connectivity index (χ4n) is 4.31. The van der Waals surface area contributed by atoms with Crippen molar-refractivity contribution in [1.29, 1.82) is 0 Å². The van der Waals surface area contributed by atoms with Gasteiger partial charge in [0, 0.05) is 24.9 Å². The van der Waals surface area contributed by atoms with Crippen molar-refractivity contribution in [2.75, 3.05) is 13.6 Å². The molecule has 0 aromatic heterocycles. The second-order valence-electron chi connectivity index (χ2n) is 8.20. The van der Waals surface area contributed by atoms with Crippen molar-refractivity contribution in [3.05, 3.63) is 65.7 Å². The molecule has 0 bridgehead atoms. The number of hydrogen-bond acceptors (Lipinski definition) is 3. The van der Waals surface area contributed by atoms with Crippen LogP contribution in [0.1, 0.15) is 49.7 Å². The quantitative estimate of drug-likeness (QED) is 0.697. The number of carbonyl (C=O) groups is 1. The summed E-state index contributed by atoms with van der Waals surface area (Å²) in [5.41, 5.74) is 2.43. The molecule has 2 aromatic rings. The van der Waals surface area contributed by atoms with E-state index in [9.17, 15) is 4.79 Å². The van der Waals surface area contributed by atoms with Crippen LogP contribution in [0.3, 0.4) is 0 Å². The summed E-state index contributed by atoms with van der Waals surface area (Å²) < 4.78 is 6.08. The van der Waals surface area contributed by atoms with Crippen molar-refractivity contribution in [3.63, 3.8) is 0 Å². The van der Waals surface area contributed by atoms with E-state index in [0.29, 0.717) is 25.2 Å². The highest BCUT2D eigenvalue weighted by Crippen LogP contribution is 2.43. The Hall–Kier alpha value is -2.13. The molecule has 0 saturated heterocycles. The van der Waals surface area contributed by atoms with Crippen molar-refractivity contribution in [2.45, 2.75) is 50.7 Å². The third kappa shape index (κ3) is 4.24. The van der Waals surface area contributed by atoms with Crippen LogP contribution in [0.25, 0.3) is 0 Å². The number of rotatable bonds is 7. The fraction of sp³-hybridized carbons (Fsp3) is 0.458. The van der Waals surface area contributed by atoms with Crippen molar-refractivity contribution >= 4 is 5.78 Å². The predicted octanol–water partition coefficient (Wildman–Crippen LogP) is 4.95. The van der Waals surface area contributed by atoms with E-state index in [-0.39, 0.29) is 5.54 Å². The van der Waals surface area contributed by atoms with Gasteiger partial charge in [0.25, 0.3) is 0 Å². The molecule has 27 heavy (non-hydrogen) atoms. The fourth-order valence-corrected chi connectivity index (χ4v) is 4.31. The molecule has 2 fully saturated rings. The van der Waals surface area contributed by atoms with E-state index in [1.54, 1.807) is 0 Å². The molecule has 0 N–H and O–H groups in total. The summed E-state index contributed by atoms with van der Waals surface area (Å²) in [4.78, 5) is 14.4. The Morgan fingerprint density at radius 3 is 2.48 bits per heavy atom. The lowest BCUT2D eigenvalue weighted by atomic mass is 9.75. The highest BCUT2D eigenvalue weighted by molar-refractivity contribution is 5.79. The lowest BCUT2D eigenvalue weighted by Gasteiger charge is -2.45. The second-order valence-corrected chi connectivity index (χ2v) is 8.20. The zero-order valence-corrected chi connectivity index (χ0v) is 16.2. The summed E-state index contributed by atoms with van der Waals surface area (Å²) in [7, 11) is 2.24. The molecule has 0 spiro atoms. The van der Waals surface area contributed by atoms with Crippen LogP contribution in [0.15, 0.2) is 54.6 Å². The topological polar surface area (TPSA) is 29.5 Å². The Balaban J connectivity index is 1.55. The molecule has 3 heteroatoms. The standard InChI is InChI=1S/C24H29NO2/c1-25(17-19-10-11-19)24(14-12-22(26)13-15-24)21-8-5-9-23(16-21)27-18-20-6-3-2-4-7-20/h2-9,16,19H,10-15,17-18H2,1H3. The summed E-state index contributed by atoms with van der Waals surface area (Å²) in [6, 6.07) is 18.8. The van der Waals surface area contributed by atoms with Crippen molar-refractivity contribution in [2.24, 2.45) is 5.92 Å². The zero-order chi connectivity index (χ0) is 18.7. The van der Waals surface area contributed by atoms with Crippen molar-refractivity contribution < 1.29 is 9.53 Å². The first-order valence-electron chi connectivity index (χ1n) is 10.2. The molecule has 2 aliphatic carbocycles. The molecular formula is C24H29NO2. The van der Waals surface area contributed by atoms with E-state index < -0.39 is 0 Å². The molecule has 0 atom stereocenters. The number of Topliss-reactive ketones (excluding diaryl/α,β-unsaturated/α-hetero) is 1. The first-order chi connectivity index (χ1) is 13.2. The van der Waals surface area contributed by atoms with Gasteiger partial charge in [-0.1, -0.05) is 42.5 Å². The Morgan fingerprint density at radius 2 is 1.78 bits per heavy atom. The second kappa shape index (κ2) is 7.85. The van der Waals surface area contributed by atoms with Gasteiger partial charge in [-0.2, -0.15) is 0 Å². The summed E-state index contributed by atoms with van der Waals surface area (Å²) in [5, 5.41) is 0. The normalized spacial score (nSPS) is 19.3. The van der Waals surface area contributed by atoms with E-state index in [2.05, 4.69) is 42.3 Å². The average molecular weight is 364 g/mol. The third-order valence-electron chi connectivity index (χ3n) is 6.21. The molecule has 0 aliphatic heterocycles. The monoisotopic (exact) mass is 363 g/mol. The molecule has 2 aliphatic rings. The molecule has 2 aromatic carbocycles. The molecule has 4 rings (SSSR count). The third-order valence-corrected chi connectivity index (χ3v) is 6.21. The van der Waals surface area contributed by atoms with Crippen LogP contribution < -0.4 is 4.74 Å². The summed E-state index contributed by atoms with van der Waals surface area (Å²) in [5.74, 6) is 2.15. The number of ketones is 1. The minimum Gasteiger partial charge on any atom is -0.489 e. The molecule has 142 valence electrons. The summed E-state index contributed by atoms with van der Waals surface area (Å²) >= 11 is 0. The van der Waals surface area contributed by atoms with Gasteiger partial charge < -0.3 is 4.74 Å². The van der Waals surface area contributed by atoms with Gasteiger partial charge in [-0.25, -0.2) is 0 Å². The lowest BCUT2D eigenvalue weighted by Crippen LogP contribution is -2.47. The number of hydrogen-bond donors (Lipinski definition) is 0. The van der Waals surface area contributed by atoms with E-state index >= 15 is 0 Å². The van der Waals surface area contributed by atoms with Gasteiger partial charge in [0.1, 0.15) is 18.1 Å². The molecule has 3 nitrogen and oxygen atoms in total. The van der Waals surface area contributed by atoms with Crippen LogP contribution in [0.5, 0.6) is 5.75 Å². The molecular weight excluding hydrogens is 334 g/mol. The highest BCUT2D eigenvalue weighted by Gasteiger charge is 2.41. The largest absolute Gasteiger partial charge is 0.489 e. The Labute approximate surface area is 162 Å². The van der Waals surface area contributed by atoms with Crippen molar-refractivity contribution in [1.82, 2.24) is 4.90 Å². The maximum atomic E-state index is 11.9.